The van der Waals surface area contributed by atoms with Crippen molar-refractivity contribution in [3.8, 4) is 0 Å². The van der Waals surface area contributed by atoms with Crippen LogP contribution in [0.4, 0.5) is 11.4 Å². The highest BCUT2D eigenvalue weighted by Gasteiger charge is 2.24. The summed E-state index contributed by atoms with van der Waals surface area (Å²) in [4.78, 5) is 14.3. The maximum absolute atomic E-state index is 12.5. The highest BCUT2D eigenvalue weighted by Crippen LogP contribution is 2.28. The SMILES string of the molecule is NNc1ccc(C(=O)N2CCc3ccccc32)cc1. The van der Waals surface area contributed by atoms with E-state index in [1.54, 1.807) is 24.3 Å². The molecule has 0 saturated carbocycles. The van der Waals surface area contributed by atoms with Crippen LogP contribution in [-0.4, -0.2) is 12.5 Å². The van der Waals surface area contributed by atoms with E-state index in [2.05, 4.69) is 11.5 Å². The topological polar surface area (TPSA) is 58.4 Å². The molecule has 0 aromatic heterocycles. The molecule has 3 rings (SSSR count). The molecule has 0 atom stereocenters. The number of para-hydroxylation sites is 1. The Morgan fingerprint density at radius 3 is 2.58 bits per heavy atom. The van der Waals surface area contributed by atoms with Gasteiger partial charge in [0.2, 0.25) is 0 Å². The number of nitrogen functional groups attached to an aromatic ring is 1. The third-order valence-electron chi connectivity index (χ3n) is 3.43. The molecule has 2 aromatic carbocycles. The number of fused-ring (bicyclic) bond motifs is 1. The molecule has 4 heteroatoms. The van der Waals surface area contributed by atoms with Crippen molar-refractivity contribution in [3.63, 3.8) is 0 Å². The third-order valence-corrected chi connectivity index (χ3v) is 3.43. The Labute approximate surface area is 111 Å². The normalized spacial score (nSPS) is 13.2. The van der Waals surface area contributed by atoms with Crippen LogP contribution in [0.25, 0.3) is 0 Å². The first-order chi connectivity index (χ1) is 9.29. The third kappa shape index (κ3) is 2.06. The number of rotatable bonds is 2. The van der Waals surface area contributed by atoms with E-state index < -0.39 is 0 Å². The second kappa shape index (κ2) is 4.74. The molecule has 0 spiro atoms. The highest BCUT2D eigenvalue weighted by molar-refractivity contribution is 6.07. The summed E-state index contributed by atoms with van der Waals surface area (Å²) in [7, 11) is 0. The molecule has 1 aliphatic rings. The molecular weight excluding hydrogens is 238 g/mol. The summed E-state index contributed by atoms with van der Waals surface area (Å²) >= 11 is 0. The smallest absolute Gasteiger partial charge is 0.258 e. The van der Waals surface area contributed by atoms with E-state index in [1.165, 1.54) is 5.56 Å². The number of amides is 1. The first kappa shape index (κ1) is 11.7. The molecule has 0 saturated heterocycles. The van der Waals surface area contributed by atoms with Gasteiger partial charge in [0, 0.05) is 23.5 Å². The number of nitrogens with two attached hydrogens (primary N) is 1. The summed E-state index contributed by atoms with van der Waals surface area (Å²) in [6.07, 6.45) is 0.921. The molecule has 96 valence electrons. The molecule has 2 aromatic rings. The summed E-state index contributed by atoms with van der Waals surface area (Å²) in [5.41, 5.74) is 6.27. The molecule has 4 nitrogen and oxygen atoms in total. The summed E-state index contributed by atoms with van der Waals surface area (Å²) in [6, 6.07) is 15.2. The number of anilines is 2. The molecule has 0 unspecified atom stereocenters. The van der Waals surface area contributed by atoms with E-state index in [0.29, 0.717) is 5.56 Å². The Bertz CT molecular complexity index is 607. The summed E-state index contributed by atoms with van der Waals surface area (Å²) in [5, 5.41) is 0. The Morgan fingerprint density at radius 1 is 1.11 bits per heavy atom. The summed E-state index contributed by atoms with van der Waals surface area (Å²) < 4.78 is 0. The Balaban J connectivity index is 1.89. The van der Waals surface area contributed by atoms with Crippen LogP contribution < -0.4 is 16.2 Å². The average Bonchev–Trinajstić information content (AvgIpc) is 2.90. The standard InChI is InChI=1S/C15H15N3O/c16-17-13-7-5-12(6-8-13)15(19)18-10-9-11-3-1-2-4-14(11)18/h1-8,17H,9-10,16H2. The number of carbonyl (C=O) groups excluding carboxylic acids is 1. The number of hydrogen-bond donors (Lipinski definition) is 2. The number of benzene rings is 2. The fourth-order valence-electron chi connectivity index (χ4n) is 2.41. The predicted octanol–water partition coefficient (Wildman–Crippen LogP) is 2.18. The van der Waals surface area contributed by atoms with E-state index in [9.17, 15) is 4.79 Å². The molecule has 0 radical (unpaired) electrons. The largest absolute Gasteiger partial charge is 0.324 e. The van der Waals surface area contributed by atoms with E-state index in [1.807, 2.05) is 23.1 Å². The lowest BCUT2D eigenvalue weighted by Gasteiger charge is -2.17. The molecule has 1 amide bonds. The van der Waals surface area contributed by atoms with Gasteiger partial charge in [0.15, 0.2) is 0 Å². The second-order valence-electron chi connectivity index (χ2n) is 4.56. The zero-order chi connectivity index (χ0) is 13.2. The first-order valence-electron chi connectivity index (χ1n) is 6.26. The number of carbonyl (C=O) groups is 1. The summed E-state index contributed by atoms with van der Waals surface area (Å²) in [5.74, 6) is 5.35. The van der Waals surface area contributed by atoms with Crippen molar-refractivity contribution in [2.24, 2.45) is 5.84 Å². The van der Waals surface area contributed by atoms with Crippen molar-refractivity contribution < 1.29 is 4.79 Å². The zero-order valence-electron chi connectivity index (χ0n) is 10.5. The van der Waals surface area contributed by atoms with E-state index in [-0.39, 0.29) is 5.91 Å². The molecule has 1 aliphatic heterocycles. The van der Waals surface area contributed by atoms with Gasteiger partial charge in [-0.15, -0.1) is 0 Å². The van der Waals surface area contributed by atoms with E-state index >= 15 is 0 Å². The van der Waals surface area contributed by atoms with Gasteiger partial charge in [-0.25, -0.2) is 0 Å². The number of hydrazine groups is 1. The minimum Gasteiger partial charge on any atom is -0.324 e. The average molecular weight is 253 g/mol. The minimum atomic E-state index is 0.0357. The molecule has 0 fully saturated rings. The van der Waals surface area contributed by atoms with Gasteiger partial charge in [-0.05, 0) is 42.3 Å². The minimum absolute atomic E-state index is 0.0357. The fourth-order valence-corrected chi connectivity index (χ4v) is 2.41. The Morgan fingerprint density at radius 2 is 1.84 bits per heavy atom. The number of nitrogens with zero attached hydrogens (tertiary/aromatic N) is 1. The van der Waals surface area contributed by atoms with Crippen LogP contribution in [0.3, 0.4) is 0 Å². The second-order valence-corrected chi connectivity index (χ2v) is 4.56. The first-order valence-corrected chi connectivity index (χ1v) is 6.26. The number of nitrogens with one attached hydrogen (secondary N) is 1. The van der Waals surface area contributed by atoms with Crippen LogP contribution in [0.5, 0.6) is 0 Å². The number of hydrogen-bond acceptors (Lipinski definition) is 3. The van der Waals surface area contributed by atoms with E-state index in [4.69, 9.17) is 5.84 Å². The quantitative estimate of drug-likeness (QED) is 0.637. The summed E-state index contributed by atoms with van der Waals surface area (Å²) in [6.45, 7) is 0.745. The van der Waals surface area contributed by atoms with Crippen molar-refractivity contribution in [1.29, 1.82) is 0 Å². The monoisotopic (exact) mass is 253 g/mol. The van der Waals surface area contributed by atoms with Crippen LogP contribution in [0.2, 0.25) is 0 Å². The van der Waals surface area contributed by atoms with Gasteiger partial charge >= 0.3 is 0 Å². The Hall–Kier alpha value is -2.33. The molecule has 19 heavy (non-hydrogen) atoms. The molecule has 1 heterocycles. The fraction of sp³-hybridized carbons (Fsp3) is 0.133. The van der Waals surface area contributed by atoms with Gasteiger partial charge in [0.1, 0.15) is 0 Å². The van der Waals surface area contributed by atoms with Gasteiger partial charge in [0.25, 0.3) is 5.91 Å². The predicted molar refractivity (Wildman–Crippen MR) is 76.1 cm³/mol. The van der Waals surface area contributed by atoms with Crippen LogP contribution >= 0.6 is 0 Å². The van der Waals surface area contributed by atoms with Crippen molar-refractivity contribution in [3.05, 3.63) is 59.7 Å². The van der Waals surface area contributed by atoms with Crippen molar-refractivity contribution >= 4 is 17.3 Å². The molecular formula is C15H15N3O. The van der Waals surface area contributed by atoms with Crippen molar-refractivity contribution in [2.75, 3.05) is 16.9 Å². The van der Waals surface area contributed by atoms with Gasteiger partial charge in [-0.3, -0.25) is 10.6 Å². The molecule has 3 N–H and O–H groups in total. The highest BCUT2D eigenvalue weighted by atomic mass is 16.2. The lowest BCUT2D eigenvalue weighted by Crippen LogP contribution is -2.28. The van der Waals surface area contributed by atoms with Gasteiger partial charge in [-0.2, -0.15) is 0 Å². The molecule has 0 bridgehead atoms. The zero-order valence-corrected chi connectivity index (χ0v) is 10.5. The van der Waals surface area contributed by atoms with Crippen LogP contribution in [0.15, 0.2) is 48.5 Å². The maximum Gasteiger partial charge on any atom is 0.258 e. The Kier molecular flexibility index (Phi) is 2.93. The van der Waals surface area contributed by atoms with Gasteiger partial charge in [-0.1, -0.05) is 18.2 Å². The van der Waals surface area contributed by atoms with E-state index in [0.717, 1.165) is 24.3 Å². The van der Waals surface area contributed by atoms with Crippen molar-refractivity contribution in [1.82, 2.24) is 0 Å². The van der Waals surface area contributed by atoms with Crippen LogP contribution in [-0.2, 0) is 6.42 Å². The van der Waals surface area contributed by atoms with Gasteiger partial charge in [0.05, 0.1) is 0 Å². The lowest BCUT2D eigenvalue weighted by molar-refractivity contribution is 0.0989. The molecule has 0 aliphatic carbocycles. The maximum atomic E-state index is 12.5. The lowest BCUT2D eigenvalue weighted by atomic mass is 10.1. The van der Waals surface area contributed by atoms with Crippen LogP contribution in [0.1, 0.15) is 15.9 Å². The van der Waals surface area contributed by atoms with Gasteiger partial charge < -0.3 is 10.3 Å². The van der Waals surface area contributed by atoms with Crippen molar-refractivity contribution in [2.45, 2.75) is 6.42 Å². The van der Waals surface area contributed by atoms with Crippen LogP contribution in [0, 0.1) is 0 Å².